The third-order valence-corrected chi connectivity index (χ3v) is 9.49. The number of carboxylic acids is 3. The maximum Gasteiger partial charge on any atom is 0.381 e. The minimum Gasteiger partial charge on any atom is -0.480 e. The van der Waals surface area contributed by atoms with E-state index in [0.717, 1.165) is 38.5 Å². The van der Waals surface area contributed by atoms with E-state index < -0.39 is 23.9 Å². The quantitative estimate of drug-likeness (QED) is 0.0314. The lowest BCUT2D eigenvalue weighted by atomic mass is 10.0. The number of rotatable bonds is 35. The molecule has 0 aliphatic heterocycles. The van der Waals surface area contributed by atoms with E-state index in [1.54, 1.807) is 0 Å². The molecule has 7 N–H and O–H groups in total. The van der Waals surface area contributed by atoms with E-state index in [4.69, 9.17) is 26.8 Å². The Bertz CT molecular complexity index is 871. The minimum atomic E-state index is -1.01. The fraction of sp³-hybridized carbons (Fsp3) is 0.848. The highest BCUT2D eigenvalue weighted by Crippen LogP contribution is 2.15. The zero-order valence-corrected chi connectivity index (χ0v) is 35.3. The van der Waals surface area contributed by atoms with Crippen LogP contribution in [0.3, 0.4) is 0 Å². The van der Waals surface area contributed by atoms with E-state index in [-0.39, 0.29) is 0 Å². The van der Waals surface area contributed by atoms with Gasteiger partial charge in [-0.1, -0.05) is 212 Å². The van der Waals surface area contributed by atoms with Crippen molar-refractivity contribution >= 4 is 17.9 Å². The average Bonchev–Trinajstić information content (AvgIpc) is 3.14. The van der Waals surface area contributed by atoms with Crippen molar-refractivity contribution in [2.45, 2.75) is 245 Å². The lowest BCUT2D eigenvalue weighted by molar-refractivity contribution is -0.138. The van der Waals surface area contributed by atoms with Crippen molar-refractivity contribution in [2.24, 2.45) is 11.5 Å². The van der Waals surface area contributed by atoms with Gasteiger partial charge in [0, 0.05) is 24.7 Å². The molecule has 0 bridgehead atoms. The first-order valence-electron chi connectivity index (χ1n) is 22.3. The summed E-state index contributed by atoms with van der Waals surface area (Å²) in [5, 5.41) is 25.1. The Morgan fingerprint density at radius 3 is 0.907 bits per heavy atom. The maximum absolute atomic E-state index is 10.2. The fourth-order valence-corrected chi connectivity index (χ4v) is 6.08. The Kier molecular flexibility index (Phi) is 52.1. The van der Waals surface area contributed by atoms with E-state index in [1.807, 2.05) is 0 Å². The van der Waals surface area contributed by atoms with Crippen LogP contribution in [-0.2, 0) is 14.4 Å². The molecule has 0 rings (SSSR count). The summed E-state index contributed by atoms with van der Waals surface area (Å²) in [6.07, 6.45) is 44.2. The van der Waals surface area contributed by atoms with Gasteiger partial charge in [-0.2, -0.15) is 0 Å². The summed E-state index contributed by atoms with van der Waals surface area (Å²) in [4.78, 5) is 30.5. The Morgan fingerprint density at radius 1 is 0.426 bits per heavy atom. The van der Waals surface area contributed by atoms with E-state index in [2.05, 4.69) is 37.5 Å². The fourth-order valence-electron chi connectivity index (χ4n) is 6.08. The van der Waals surface area contributed by atoms with Crippen LogP contribution >= 0.6 is 0 Å². The number of hydrogen-bond acceptors (Lipinski definition) is 5. The number of carbonyl (C=O) groups is 3. The Hall–Kier alpha value is -2.55. The highest BCUT2D eigenvalue weighted by Gasteiger charge is 2.09. The molecule has 0 fully saturated rings. The van der Waals surface area contributed by atoms with Gasteiger partial charge >= 0.3 is 17.9 Å². The zero-order valence-electron chi connectivity index (χ0n) is 35.3. The van der Waals surface area contributed by atoms with Crippen molar-refractivity contribution in [1.29, 1.82) is 0 Å². The predicted octanol–water partition coefficient (Wildman–Crippen LogP) is 12.2. The standard InChI is InChI=1S/2C20H36O2.C6H14N2O2/c2*1-2-3-4-5-6-7-8-9-10-11-12-13-14-15-16-17-18-19-20(21)22;7-4-2-1-3-5(8)6(9)10/h2*2-17H2,1H3,(H,21,22);5H,1-4,7-8H2,(H,9,10)/t;;5-/m..0/s1. The van der Waals surface area contributed by atoms with Gasteiger partial charge in [0.2, 0.25) is 0 Å². The molecule has 8 heteroatoms. The minimum absolute atomic E-state index is 0.520. The lowest BCUT2D eigenvalue weighted by Gasteiger charge is -2.03. The van der Waals surface area contributed by atoms with Gasteiger partial charge in [-0.25, -0.2) is 9.59 Å². The molecule has 54 heavy (non-hydrogen) atoms. The van der Waals surface area contributed by atoms with Gasteiger partial charge < -0.3 is 26.8 Å². The zero-order chi connectivity index (χ0) is 40.6. The van der Waals surface area contributed by atoms with Crippen LogP contribution in [0.25, 0.3) is 0 Å². The van der Waals surface area contributed by atoms with Crippen molar-refractivity contribution in [3.05, 3.63) is 0 Å². The molecular weight excluding hydrogens is 677 g/mol. The largest absolute Gasteiger partial charge is 0.480 e. The molecule has 0 aliphatic rings. The Morgan fingerprint density at radius 2 is 0.685 bits per heavy atom. The van der Waals surface area contributed by atoms with Crippen LogP contribution in [0.1, 0.15) is 239 Å². The van der Waals surface area contributed by atoms with E-state index >= 15 is 0 Å². The van der Waals surface area contributed by atoms with Crippen LogP contribution in [0.5, 0.6) is 0 Å². The molecular formula is C46H86N2O6. The molecule has 0 heterocycles. The molecule has 0 unspecified atom stereocenters. The number of unbranched alkanes of at least 4 members (excludes halogenated alkanes) is 31. The predicted molar refractivity (Wildman–Crippen MR) is 228 cm³/mol. The molecule has 0 amide bonds. The third-order valence-electron chi connectivity index (χ3n) is 9.49. The highest BCUT2D eigenvalue weighted by molar-refractivity contribution is 5.86. The summed E-state index contributed by atoms with van der Waals surface area (Å²) in [5.41, 5.74) is 10.4. The van der Waals surface area contributed by atoms with Crippen molar-refractivity contribution < 1.29 is 29.7 Å². The van der Waals surface area contributed by atoms with Crippen molar-refractivity contribution in [2.75, 3.05) is 6.54 Å². The second-order valence-electron chi connectivity index (χ2n) is 14.8. The molecule has 0 aromatic rings. The summed E-state index contributed by atoms with van der Waals surface area (Å²) in [6, 6.07) is -0.716. The van der Waals surface area contributed by atoms with Gasteiger partial charge in [0.25, 0.3) is 0 Å². The highest BCUT2D eigenvalue weighted by atomic mass is 16.4. The van der Waals surface area contributed by atoms with Gasteiger partial charge in [-0.05, 0) is 32.2 Å². The van der Waals surface area contributed by atoms with Gasteiger partial charge in [-0.15, -0.1) is 0 Å². The summed E-state index contributed by atoms with van der Waals surface area (Å²) >= 11 is 0. The van der Waals surface area contributed by atoms with E-state index in [9.17, 15) is 14.4 Å². The van der Waals surface area contributed by atoms with Gasteiger partial charge in [-0.3, -0.25) is 4.79 Å². The number of nitrogens with two attached hydrogens (primary N) is 2. The first-order valence-corrected chi connectivity index (χ1v) is 22.3. The van der Waals surface area contributed by atoms with Gasteiger partial charge in [0.1, 0.15) is 6.04 Å². The molecule has 1 atom stereocenters. The van der Waals surface area contributed by atoms with Crippen LogP contribution < -0.4 is 11.5 Å². The Balaban J connectivity index is -0.000000774. The summed E-state index contributed by atoms with van der Waals surface area (Å²) in [5.74, 6) is 6.73. The maximum atomic E-state index is 10.2. The molecule has 0 aromatic carbocycles. The third kappa shape index (κ3) is 58.8. The molecule has 0 aromatic heterocycles. The Labute approximate surface area is 333 Å². The first kappa shape index (κ1) is 55.8. The topological polar surface area (TPSA) is 164 Å². The molecule has 0 saturated carbocycles. The number of hydrogen-bond donors (Lipinski definition) is 5. The average molecular weight is 763 g/mol. The van der Waals surface area contributed by atoms with E-state index in [1.165, 1.54) is 180 Å². The van der Waals surface area contributed by atoms with Crippen molar-refractivity contribution in [1.82, 2.24) is 0 Å². The summed E-state index contributed by atoms with van der Waals surface area (Å²) in [6.45, 7) is 5.15. The molecule has 316 valence electrons. The van der Waals surface area contributed by atoms with Crippen molar-refractivity contribution in [3.8, 4) is 23.7 Å². The van der Waals surface area contributed by atoms with Crippen LogP contribution in [0.4, 0.5) is 0 Å². The smallest absolute Gasteiger partial charge is 0.381 e. The van der Waals surface area contributed by atoms with Crippen LogP contribution in [0.2, 0.25) is 0 Å². The molecule has 0 saturated heterocycles. The number of carboxylic acid groups (broad SMARTS) is 3. The SMILES string of the molecule is CCCCCCCCCCCCCCCCCC#CC(=O)O.CCCCCCCCCCCCCCCCCC#CC(=O)O.NCCCC[C@H](N)C(=O)O. The van der Waals surface area contributed by atoms with Crippen LogP contribution in [0.15, 0.2) is 0 Å². The summed E-state index contributed by atoms with van der Waals surface area (Å²) in [7, 11) is 0. The summed E-state index contributed by atoms with van der Waals surface area (Å²) < 4.78 is 0. The molecule has 8 nitrogen and oxygen atoms in total. The second-order valence-corrected chi connectivity index (χ2v) is 14.8. The van der Waals surface area contributed by atoms with Crippen molar-refractivity contribution in [3.63, 3.8) is 0 Å². The molecule has 0 radical (unpaired) electrons. The number of aliphatic carboxylic acids is 3. The normalized spacial score (nSPS) is 10.7. The second kappa shape index (κ2) is 50.5. The van der Waals surface area contributed by atoms with E-state index in [0.29, 0.717) is 13.0 Å². The first-order chi connectivity index (χ1) is 26.2. The van der Waals surface area contributed by atoms with Gasteiger partial charge in [0.05, 0.1) is 0 Å². The van der Waals surface area contributed by atoms with Crippen LogP contribution in [0, 0.1) is 23.7 Å². The van der Waals surface area contributed by atoms with Crippen LogP contribution in [-0.4, -0.2) is 45.8 Å². The molecule has 0 aliphatic carbocycles. The lowest BCUT2D eigenvalue weighted by Crippen LogP contribution is -2.29. The monoisotopic (exact) mass is 763 g/mol. The van der Waals surface area contributed by atoms with Gasteiger partial charge in [0.15, 0.2) is 0 Å². The molecule has 0 spiro atoms.